The minimum Gasteiger partial charge on any atom is -0.497 e. The fourth-order valence-corrected chi connectivity index (χ4v) is 4.26. The third-order valence-corrected chi connectivity index (χ3v) is 6.39. The Hall–Kier alpha value is -2.91. The molecule has 0 radical (unpaired) electrons. The molecule has 2 amide bonds. The molecule has 1 fully saturated rings. The van der Waals surface area contributed by atoms with Crippen molar-refractivity contribution in [2.24, 2.45) is 5.92 Å². The molecule has 0 saturated carbocycles. The maximum Gasteiger partial charge on any atom is 0.240 e. The fourth-order valence-electron chi connectivity index (χ4n) is 3.23. The van der Waals surface area contributed by atoms with Gasteiger partial charge in [0.05, 0.1) is 17.9 Å². The van der Waals surface area contributed by atoms with E-state index in [1.165, 1.54) is 12.1 Å². The first-order valence-electron chi connectivity index (χ1n) is 9.58. The summed E-state index contributed by atoms with van der Waals surface area (Å²) in [5, 5.41) is 2.70. The molecule has 1 aliphatic heterocycles. The van der Waals surface area contributed by atoms with E-state index in [1.807, 2.05) is 6.92 Å². The number of carbonyl (C=O) groups excluding carboxylic acids is 2. The number of hydrogen-bond acceptors (Lipinski definition) is 5. The molecule has 0 bridgehead atoms. The number of nitrogens with zero attached hydrogens (tertiary/aromatic N) is 1. The summed E-state index contributed by atoms with van der Waals surface area (Å²) < 4.78 is 32.2. The lowest BCUT2D eigenvalue weighted by molar-refractivity contribution is -0.126. The molecule has 9 heteroatoms. The number of carbonyl (C=O) groups is 2. The Morgan fingerprint density at radius 3 is 2.60 bits per heavy atom. The van der Waals surface area contributed by atoms with Crippen molar-refractivity contribution in [3.63, 3.8) is 0 Å². The molecule has 2 aromatic rings. The van der Waals surface area contributed by atoms with Crippen molar-refractivity contribution in [2.45, 2.75) is 18.2 Å². The van der Waals surface area contributed by atoms with Crippen molar-refractivity contribution in [1.82, 2.24) is 10.0 Å². The van der Waals surface area contributed by atoms with Crippen LogP contribution >= 0.6 is 0 Å². The molecule has 0 unspecified atom stereocenters. The number of benzene rings is 2. The Morgan fingerprint density at radius 2 is 1.90 bits per heavy atom. The lowest BCUT2D eigenvalue weighted by atomic mass is 10.1. The van der Waals surface area contributed by atoms with Gasteiger partial charge in [0.25, 0.3) is 0 Å². The minimum absolute atomic E-state index is 0.0578. The second kappa shape index (κ2) is 9.27. The third-order valence-electron chi connectivity index (χ3n) is 4.91. The standard InChI is InChI=1S/C21H25N3O5S/c1-15-6-8-19(9-7-15)30(27,28)23-11-10-22-21(26)16-12-20(25)24(14-16)17-4-3-5-18(13-17)29-2/h3-9,13,16,23H,10-12,14H2,1-2H3,(H,22,26)/t16-/m1/s1. The van der Waals surface area contributed by atoms with Crippen LogP contribution in [0.15, 0.2) is 53.4 Å². The van der Waals surface area contributed by atoms with E-state index in [1.54, 1.807) is 48.4 Å². The van der Waals surface area contributed by atoms with Crippen molar-refractivity contribution >= 4 is 27.5 Å². The molecule has 0 spiro atoms. The molecule has 0 aliphatic carbocycles. The highest BCUT2D eigenvalue weighted by Crippen LogP contribution is 2.27. The zero-order valence-electron chi connectivity index (χ0n) is 16.9. The van der Waals surface area contributed by atoms with E-state index >= 15 is 0 Å². The number of aryl methyl sites for hydroxylation is 1. The number of nitrogens with one attached hydrogen (secondary N) is 2. The van der Waals surface area contributed by atoms with Gasteiger partial charge in [-0.2, -0.15) is 0 Å². The Labute approximate surface area is 176 Å². The predicted molar refractivity (Wildman–Crippen MR) is 113 cm³/mol. The topological polar surface area (TPSA) is 105 Å². The van der Waals surface area contributed by atoms with Crippen LogP contribution in [0.25, 0.3) is 0 Å². The van der Waals surface area contributed by atoms with Crippen LogP contribution < -0.4 is 19.7 Å². The van der Waals surface area contributed by atoms with E-state index in [4.69, 9.17) is 4.74 Å². The molecular formula is C21H25N3O5S. The highest BCUT2D eigenvalue weighted by Gasteiger charge is 2.35. The fraction of sp³-hybridized carbons (Fsp3) is 0.333. The smallest absolute Gasteiger partial charge is 0.240 e. The molecule has 1 saturated heterocycles. The van der Waals surface area contributed by atoms with Gasteiger partial charge >= 0.3 is 0 Å². The normalized spacial score (nSPS) is 16.5. The summed E-state index contributed by atoms with van der Waals surface area (Å²) in [5.41, 5.74) is 1.65. The third kappa shape index (κ3) is 5.17. The Balaban J connectivity index is 1.49. The van der Waals surface area contributed by atoms with Crippen LogP contribution in [0.2, 0.25) is 0 Å². The van der Waals surface area contributed by atoms with Gasteiger partial charge < -0.3 is 15.0 Å². The molecule has 0 aromatic heterocycles. The number of methoxy groups -OCH3 is 1. The first-order valence-corrected chi connectivity index (χ1v) is 11.1. The largest absolute Gasteiger partial charge is 0.497 e. The molecule has 1 heterocycles. The zero-order chi connectivity index (χ0) is 21.7. The van der Waals surface area contributed by atoms with E-state index in [9.17, 15) is 18.0 Å². The average molecular weight is 432 g/mol. The molecule has 2 aromatic carbocycles. The van der Waals surface area contributed by atoms with Crippen LogP contribution in [-0.2, 0) is 19.6 Å². The molecule has 8 nitrogen and oxygen atoms in total. The quantitative estimate of drug-likeness (QED) is 0.616. The number of anilines is 1. The van der Waals surface area contributed by atoms with Gasteiger partial charge in [0.2, 0.25) is 21.8 Å². The van der Waals surface area contributed by atoms with Crippen molar-refractivity contribution in [2.75, 3.05) is 31.6 Å². The van der Waals surface area contributed by atoms with Crippen LogP contribution in [0.3, 0.4) is 0 Å². The number of ether oxygens (including phenoxy) is 1. The number of hydrogen-bond donors (Lipinski definition) is 2. The maximum absolute atomic E-state index is 12.4. The number of sulfonamides is 1. The van der Waals surface area contributed by atoms with Gasteiger partial charge in [-0.3, -0.25) is 9.59 Å². The SMILES string of the molecule is COc1cccc(N2C[C@H](C(=O)NCCNS(=O)(=O)c3ccc(C)cc3)CC2=O)c1. The molecule has 1 atom stereocenters. The van der Waals surface area contributed by atoms with Crippen LogP contribution in [0.1, 0.15) is 12.0 Å². The van der Waals surface area contributed by atoms with E-state index in [0.717, 1.165) is 5.56 Å². The van der Waals surface area contributed by atoms with Gasteiger partial charge in [0.1, 0.15) is 5.75 Å². The molecule has 1 aliphatic rings. The van der Waals surface area contributed by atoms with Gasteiger partial charge in [-0.15, -0.1) is 0 Å². The Kier molecular flexibility index (Phi) is 6.73. The van der Waals surface area contributed by atoms with E-state index in [2.05, 4.69) is 10.0 Å². The molecule has 30 heavy (non-hydrogen) atoms. The molecular weight excluding hydrogens is 406 g/mol. The summed E-state index contributed by atoms with van der Waals surface area (Å²) in [6.07, 6.45) is 0.109. The van der Waals surface area contributed by atoms with Gasteiger partial charge in [0.15, 0.2) is 0 Å². The second-order valence-corrected chi connectivity index (χ2v) is 8.88. The zero-order valence-corrected chi connectivity index (χ0v) is 17.7. The van der Waals surface area contributed by atoms with Crippen molar-refractivity contribution in [1.29, 1.82) is 0 Å². The van der Waals surface area contributed by atoms with E-state index in [0.29, 0.717) is 11.4 Å². The Morgan fingerprint density at radius 1 is 1.17 bits per heavy atom. The highest BCUT2D eigenvalue weighted by molar-refractivity contribution is 7.89. The summed E-state index contributed by atoms with van der Waals surface area (Å²) in [4.78, 5) is 26.5. The van der Waals surface area contributed by atoms with E-state index < -0.39 is 15.9 Å². The predicted octanol–water partition coefficient (Wildman–Crippen LogP) is 1.45. The van der Waals surface area contributed by atoms with Crippen LogP contribution in [-0.4, -0.2) is 47.0 Å². The summed E-state index contributed by atoms with van der Waals surface area (Å²) >= 11 is 0. The summed E-state index contributed by atoms with van der Waals surface area (Å²) in [6, 6.07) is 13.6. The lowest BCUT2D eigenvalue weighted by Gasteiger charge is -2.17. The summed E-state index contributed by atoms with van der Waals surface area (Å²) in [5.74, 6) is -0.266. The summed E-state index contributed by atoms with van der Waals surface area (Å²) in [6.45, 7) is 2.34. The molecule has 160 valence electrons. The van der Waals surface area contributed by atoms with Crippen molar-refractivity contribution < 1.29 is 22.7 Å². The first kappa shape index (κ1) is 21.8. The van der Waals surface area contributed by atoms with Gasteiger partial charge in [0, 0.05) is 37.8 Å². The molecule has 3 rings (SSSR count). The van der Waals surface area contributed by atoms with Crippen molar-refractivity contribution in [3.8, 4) is 5.75 Å². The van der Waals surface area contributed by atoms with Gasteiger partial charge in [-0.05, 0) is 31.2 Å². The Bertz CT molecular complexity index is 1020. The minimum atomic E-state index is -3.63. The lowest BCUT2D eigenvalue weighted by Crippen LogP contribution is -2.38. The summed E-state index contributed by atoms with van der Waals surface area (Å²) in [7, 11) is -2.08. The maximum atomic E-state index is 12.4. The van der Waals surface area contributed by atoms with Crippen LogP contribution in [0.5, 0.6) is 5.75 Å². The number of rotatable bonds is 8. The second-order valence-electron chi connectivity index (χ2n) is 7.11. The van der Waals surface area contributed by atoms with Crippen LogP contribution in [0.4, 0.5) is 5.69 Å². The van der Waals surface area contributed by atoms with Crippen LogP contribution in [0, 0.1) is 12.8 Å². The van der Waals surface area contributed by atoms with Gasteiger partial charge in [-0.25, -0.2) is 13.1 Å². The average Bonchev–Trinajstić information content (AvgIpc) is 3.13. The highest BCUT2D eigenvalue weighted by atomic mass is 32.2. The van der Waals surface area contributed by atoms with E-state index in [-0.39, 0.29) is 42.8 Å². The first-order chi connectivity index (χ1) is 14.3. The van der Waals surface area contributed by atoms with Gasteiger partial charge in [-0.1, -0.05) is 23.8 Å². The van der Waals surface area contributed by atoms with Crippen molar-refractivity contribution in [3.05, 3.63) is 54.1 Å². The molecule has 2 N–H and O–H groups in total. The number of amides is 2. The monoisotopic (exact) mass is 431 g/mol.